The summed E-state index contributed by atoms with van der Waals surface area (Å²) in [5, 5.41) is 14.6. The van der Waals surface area contributed by atoms with Crippen LogP contribution < -0.4 is 10.5 Å². The van der Waals surface area contributed by atoms with E-state index in [1.54, 1.807) is 7.11 Å². The van der Waals surface area contributed by atoms with Crippen LogP contribution >= 0.6 is 0 Å². The van der Waals surface area contributed by atoms with Crippen molar-refractivity contribution in [3.63, 3.8) is 0 Å². The number of nitrogens with zero attached hydrogens (tertiary/aromatic N) is 3. The zero-order chi connectivity index (χ0) is 13.1. The van der Waals surface area contributed by atoms with Gasteiger partial charge in [0.15, 0.2) is 0 Å². The average Bonchev–Trinajstić information content (AvgIpc) is 2.72. The van der Waals surface area contributed by atoms with Gasteiger partial charge in [0.2, 0.25) is 5.82 Å². The molecule has 1 aromatic heterocycles. The molecule has 0 unspecified atom stereocenters. The summed E-state index contributed by atoms with van der Waals surface area (Å²) in [5.74, 6) is 0.723. The van der Waals surface area contributed by atoms with Crippen molar-refractivity contribution in [2.75, 3.05) is 12.8 Å². The van der Waals surface area contributed by atoms with E-state index in [9.17, 15) is 10.1 Å². The molecule has 0 saturated heterocycles. The normalized spacial score (nSPS) is 10.3. The van der Waals surface area contributed by atoms with Crippen LogP contribution in [0.25, 0.3) is 0 Å². The molecule has 0 bridgehead atoms. The van der Waals surface area contributed by atoms with Gasteiger partial charge >= 0.3 is 5.69 Å². The lowest BCUT2D eigenvalue weighted by Crippen LogP contribution is -2.07. The topological polar surface area (TPSA) is 96.2 Å². The third kappa shape index (κ3) is 2.10. The average molecular weight is 248 g/mol. The first-order chi connectivity index (χ1) is 8.63. The minimum atomic E-state index is -0.555. The van der Waals surface area contributed by atoms with Gasteiger partial charge in [0, 0.05) is 5.56 Å². The molecule has 0 spiro atoms. The standard InChI is InChI=1S/C11H12N4O3/c1-18-10-5-3-2-4-8(10)7-14-11(12)9(6-13-14)15(16)17/h2-6H,7,12H2,1H3. The summed E-state index contributed by atoms with van der Waals surface area (Å²) >= 11 is 0. The number of benzene rings is 1. The second-order valence-corrected chi connectivity index (χ2v) is 3.64. The Balaban J connectivity index is 2.32. The van der Waals surface area contributed by atoms with Crippen LogP contribution in [-0.4, -0.2) is 21.8 Å². The Morgan fingerprint density at radius 3 is 2.83 bits per heavy atom. The van der Waals surface area contributed by atoms with Crippen LogP contribution in [0.15, 0.2) is 30.5 Å². The van der Waals surface area contributed by atoms with Gasteiger partial charge in [0.25, 0.3) is 0 Å². The van der Waals surface area contributed by atoms with Crippen molar-refractivity contribution in [1.29, 1.82) is 0 Å². The second kappa shape index (κ2) is 4.74. The van der Waals surface area contributed by atoms with Crippen LogP contribution in [0.2, 0.25) is 0 Å². The fourth-order valence-corrected chi connectivity index (χ4v) is 1.65. The van der Waals surface area contributed by atoms with E-state index >= 15 is 0 Å². The van der Waals surface area contributed by atoms with Gasteiger partial charge in [-0.15, -0.1) is 0 Å². The summed E-state index contributed by atoms with van der Waals surface area (Å²) in [4.78, 5) is 10.1. The lowest BCUT2D eigenvalue weighted by molar-refractivity contribution is -0.384. The Morgan fingerprint density at radius 2 is 2.22 bits per heavy atom. The predicted octanol–water partition coefficient (Wildman–Crippen LogP) is 1.43. The lowest BCUT2D eigenvalue weighted by atomic mass is 10.2. The van der Waals surface area contributed by atoms with E-state index in [0.717, 1.165) is 11.8 Å². The maximum absolute atomic E-state index is 10.7. The first-order valence-corrected chi connectivity index (χ1v) is 5.21. The van der Waals surface area contributed by atoms with Crippen molar-refractivity contribution >= 4 is 11.5 Å². The van der Waals surface area contributed by atoms with Crippen molar-refractivity contribution in [1.82, 2.24) is 9.78 Å². The Kier molecular flexibility index (Phi) is 3.13. The molecule has 0 fully saturated rings. The lowest BCUT2D eigenvalue weighted by Gasteiger charge is -2.08. The van der Waals surface area contributed by atoms with Gasteiger partial charge in [-0.3, -0.25) is 10.1 Å². The van der Waals surface area contributed by atoms with Crippen molar-refractivity contribution < 1.29 is 9.66 Å². The SMILES string of the molecule is COc1ccccc1Cn1ncc([N+](=O)[O-])c1N. The van der Waals surface area contributed by atoms with Gasteiger partial charge in [-0.25, -0.2) is 4.68 Å². The Hall–Kier alpha value is -2.57. The molecule has 0 aliphatic carbocycles. The molecule has 94 valence electrons. The summed E-state index contributed by atoms with van der Waals surface area (Å²) < 4.78 is 6.57. The second-order valence-electron chi connectivity index (χ2n) is 3.64. The van der Waals surface area contributed by atoms with E-state index in [4.69, 9.17) is 10.5 Å². The number of nitro groups is 1. The molecule has 7 nitrogen and oxygen atoms in total. The molecule has 0 radical (unpaired) electrons. The third-order valence-corrected chi connectivity index (χ3v) is 2.57. The van der Waals surface area contributed by atoms with Crippen molar-refractivity contribution in [3.8, 4) is 5.75 Å². The van der Waals surface area contributed by atoms with Gasteiger partial charge in [0.05, 0.1) is 18.6 Å². The molecule has 0 atom stereocenters. The smallest absolute Gasteiger partial charge is 0.330 e. The Morgan fingerprint density at radius 1 is 1.50 bits per heavy atom. The Labute approximate surface area is 103 Å². The highest BCUT2D eigenvalue weighted by Crippen LogP contribution is 2.23. The molecular formula is C11H12N4O3. The molecule has 1 aromatic carbocycles. The minimum Gasteiger partial charge on any atom is -0.496 e. The molecule has 18 heavy (non-hydrogen) atoms. The van der Waals surface area contributed by atoms with Gasteiger partial charge in [0.1, 0.15) is 11.9 Å². The van der Waals surface area contributed by atoms with E-state index in [2.05, 4.69) is 5.10 Å². The summed E-state index contributed by atoms with van der Waals surface area (Å²) in [6, 6.07) is 7.36. The summed E-state index contributed by atoms with van der Waals surface area (Å²) in [7, 11) is 1.56. The molecule has 0 aliphatic heterocycles. The number of nitrogen functional groups attached to an aromatic ring is 1. The van der Waals surface area contributed by atoms with Gasteiger partial charge in [-0.05, 0) is 6.07 Å². The number of nitrogens with two attached hydrogens (primary N) is 1. The molecule has 0 aliphatic rings. The number of hydrogen-bond acceptors (Lipinski definition) is 5. The fourth-order valence-electron chi connectivity index (χ4n) is 1.65. The van der Waals surface area contributed by atoms with Crippen LogP contribution in [-0.2, 0) is 6.54 Å². The van der Waals surface area contributed by atoms with Crippen molar-refractivity contribution in [3.05, 3.63) is 46.1 Å². The van der Waals surface area contributed by atoms with Gasteiger partial charge in [-0.2, -0.15) is 5.10 Å². The van der Waals surface area contributed by atoms with E-state index in [-0.39, 0.29) is 11.5 Å². The molecule has 2 aromatic rings. The van der Waals surface area contributed by atoms with E-state index < -0.39 is 4.92 Å². The van der Waals surface area contributed by atoms with Crippen molar-refractivity contribution in [2.45, 2.75) is 6.54 Å². The van der Waals surface area contributed by atoms with Gasteiger partial charge < -0.3 is 10.5 Å². The van der Waals surface area contributed by atoms with E-state index in [1.165, 1.54) is 4.68 Å². The van der Waals surface area contributed by atoms with Crippen LogP contribution in [0.4, 0.5) is 11.5 Å². The summed E-state index contributed by atoms with van der Waals surface area (Å²) in [6.45, 7) is 0.323. The molecule has 2 rings (SSSR count). The van der Waals surface area contributed by atoms with Crippen LogP contribution in [0, 0.1) is 10.1 Å². The summed E-state index contributed by atoms with van der Waals surface area (Å²) in [5.41, 5.74) is 6.32. The largest absolute Gasteiger partial charge is 0.496 e. The molecule has 7 heteroatoms. The number of aromatic nitrogens is 2. The number of rotatable bonds is 4. The zero-order valence-electron chi connectivity index (χ0n) is 9.74. The Bertz CT molecular complexity index is 579. The highest BCUT2D eigenvalue weighted by Gasteiger charge is 2.18. The molecule has 0 amide bonds. The zero-order valence-corrected chi connectivity index (χ0v) is 9.74. The number of para-hydroxylation sites is 1. The predicted molar refractivity (Wildman–Crippen MR) is 65.4 cm³/mol. The van der Waals surface area contributed by atoms with Crippen LogP contribution in [0.3, 0.4) is 0 Å². The summed E-state index contributed by atoms with van der Waals surface area (Å²) in [6.07, 6.45) is 1.14. The molecular weight excluding hydrogens is 236 g/mol. The van der Waals surface area contributed by atoms with E-state index in [1.807, 2.05) is 24.3 Å². The quantitative estimate of drug-likeness (QED) is 0.652. The van der Waals surface area contributed by atoms with Gasteiger partial charge in [-0.1, -0.05) is 18.2 Å². The number of methoxy groups -OCH3 is 1. The minimum absolute atomic E-state index is 0.0332. The fraction of sp³-hybridized carbons (Fsp3) is 0.182. The third-order valence-electron chi connectivity index (χ3n) is 2.57. The number of ether oxygens (including phenoxy) is 1. The first-order valence-electron chi connectivity index (χ1n) is 5.21. The highest BCUT2D eigenvalue weighted by atomic mass is 16.6. The highest BCUT2D eigenvalue weighted by molar-refractivity contribution is 5.51. The first kappa shape index (κ1) is 11.9. The van der Waals surface area contributed by atoms with Crippen LogP contribution in [0.1, 0.15) is 5.56 Å². The van der Waals surface area contributed by atoms with Crippen molar-refractivity contribution in [2.24, 2.45) is 0 Å². The number of hydrogen-bond donors (Lipinski definition) is 1. The molecule has 1 heterocycles. The van der Waals surface area contributed by atoms with Crippen LogP contribution in [0.5, 0.6) is 5.75 Å². The maximum Gasteiger partial charge on any atom is 0.330 e. The molecule has 0 saturated carbocycles. The monoisotopic (exact) mass is 248 g/mol. The number of anilines is 1. The maximum atomic E-state index is 10.7. The molecule has 2 N–H and O–H groups in total. The van der Waals surface area contributed by atoms with E-state index in [0.29, 0.717) is 12.3 Å².